The molecule has 0 aliphatic carbocycles. The zero-order valence-electron chi connectivity index (χ0n) is 9.49. The van der Waals surface area contributed by atoms with E-state index in [-0.39, 0.29) is 0 Å². The minimum absolute atomic E-state index is 0.366. The molecule has 0 aliphatic heterocycles. The molecule has 1 N–H and O–H groups in total. The highest BCUT2D eigenvalue weighted by Crippen LogP contribution is 2.22. The second-order valence-corrected chi connectivity index (χ2v) is 3.70. The molecule has 0 aliphatic rings. The Balaban J connectivity index is 2.82. The minimum Gasteiger partial charge on any atom is -0.309 e. The number of nitrogens with zero attached hydrogens (tertiary/aromatic N) is 3. The lowest BCUT2D eigenvalue weighted by Crippen LogP contribution is -2.28. The summed E-state index contributed by atoms with van der Waals surface area (Å²) in [7, 11) is 1.94. The van der Waals surface area contributed by atoms with Crippen LogP contribution in [0.2, 0.25) is 0 Å². The fourth-order valence-corrected chi connectivity index (χ4v) is 1.63. The van der Waals surface area contributed by atoms with Crippen LogP contribution in [0.4, 0.5) is 0 Å². The standard InChI is InChI=1S/C10H20N4/c1-5-8(3)10(11-6-2)9-7-12-13-14(9)4/h7-8,10-11H,5-6H2,1-4H3. The van der Waals surface area contributed by atoms with Crippen molar-refractivity contribution in [2.24, 2.45) is 13.0 Å². The molecule has 1 aromatic rings. The Morgan fingerprint density at radius 1 is 1.50 bits per heavy atom. The molecular formula is C10H20N4. The molecule has 4 nitrogen and oxygen atoms in total. The van der Waals surface area contributed by atoms with Gasteiger partial charge in [0.15, 0.2) is 0 Å². The Morgan fingerprint density at radius 3 is 2.64 bits per heavy atom. The molecular weight excluding hydrogens is 176 g/mol. The summed E-state index contributed by atoms with van der Waals surface area (Å²) >= 11 is 0. The number of aromatic nitrogens is 3. The first kappa shape index (κ1) is 11.2. The van der Waals surface area contributed by atoms with Gasteiger partial charge in [-0.05, 0) is 12.5 Å². The van der Waals surface area contributed by atoms with Gasteiger partial charge in [0, 0.05) is 7.05 Å². The second-order valence-electron chi connectivity index (χ2n) is 3.70. The van der Waals surface area contributed by atoms with E-state index in [4.69, 9.17) is 0 Å². The van der Waals surface area contributed by atoms with Gasteiger partial charge < -0.3 is 5.32 Å². The predicted octanol–water partition coefficient (Wildman–Crippen LogP) is 1.51. The van der Waals surface area contributed by atoms with Gasteiger partial charge in [0.1, 0.15) is 0 Å². The van der Waals surface area contributed by atoms with Crippen molar-refractivity contribution in [2.45, 2.75) is 33.2 Å². The van der Waals surface area contributed by atoms with Crippen LogP contribution in [0.5, 0.6) is 0 Å². The van der Waals surface area contributed by atoms with Gasteiger partial charge in [-0.2, -0.15) is 0 Å². The van der Waals surface area contributed by atoms with Crippen molar-refractivity contribution in [2.75, 3.05) is 6.54 Å². The monoisotopic (exact) mass is 196 g/mol. The third kappa shape index (κ3) is 2.32. The number of nitrogens with one attached hydrogen (secondary N) is 1. The Bertz CT molecular complexity index is 269. The molecule has 0 radical (unpaired) electrons. The molecule has 4 heteroatoms. The molecule has 0 aromatic carbocycles. The minimum atomic E-state index is 0.366. The summed E-state index contributed by atoms with van der Waals surface area (Å²) in [6, 6.07) is 0.366. The third-order valence-corrected chi connectivity index (χ3v) is 2.71. The lowest BCUT2D eigenvalue weighted by molar-refractivity contribution is 0.365. The van der Waals surface area contributed by atoms with Crippen molar-refractivity contribution in [1.82, 2.24) is 20.3 Å². The maximum Gasteiger partial charge on any atom is 0.0755 e. The molecule has 14 heavy (non-hydrogen) atoms. The summed E-state index contributed by atoms with van der Waals surface area (Å²) in [5.41, 5.74) is 1.17. The van der Waals surface area contributed by atoms with Crippen LogP contribution in [0, 0.1) is 5.92 Å². The van der Waals surface area contributed by atoms with E-state index in [0.717, 1.165) is 13.0 Å². The van der Waals surface area contributed by atoms with Crippen LogP contribution in [-0.2, 0) is 7.05 Å². The molecule has 80 valence electrons. The van der Waals surface area contributed by atoms with Gasteiger partial charge in [-0.25, -0.2) is 0 Å². The Morgan fingerprint density at radius 2 is 2.21 bits per heavy atom. The van der Waals surface area contributed by atoms with E-state index in [9.17, 15) is 0 Å². The molecule has 0 saturated carbocycles. The topological polar surface area (TPSA) is 42.7 Å². The summed E-state index contributed by atoms with van der Waals surface area (Å²) in [6.07, 6.45) is 3.00. The van der Waals surface area contributed by atoms with E-state index in [1.54, 1.807) is 0 Å². The molecule has 2 atom stereocenters. The molecule has 0 amide bonds. The molecule has 1 aromatic heterocycles. The zero-order chi connectivity index (χ0) is 10.6. The molecule has 0 spiro atoms. The van der Waals surface area contributed by atoms with Gasteiger partial charge in [0.25, 0.3) is 0 Å². The first-order valence-corrected chi connectivity index (χ1v) is 5.28. The largest absolute Gasteiger partial charge is 0.309 e. The molecule has 0 bridgehead atoms. The fraction of sp³-hybridized carbons (Fsp3) is 0.800. The number of rotatable bonds is 5. The van der Waals surface area contributed by atoms with Crippen LogP contribution < -0.4 is 5.32 Å². The van der Waals surface area contributed by atoms with Gasteiger partial charge in [-0.1, -0.05) is 32.4 Å². The van der Waals surface area contributed by atoms with Crippen molar-refractivity contribution < 1.29 is 0 Å². The fourth-order valence-electron chi connectivity index (χ4n) is 1.63. The highest BCUT2D eigenvalue weighted by atomic mass is 15.4. The van der Waals surface area contributed by atoms with Crippen molar-refractivity contribution in [3.63, 3.8) is 0 Å². The molecule has 1 heterocycles. The maximum absolute atomic E-state index is 3.96. The first-order chi connectivity index (χ1) is 6.70. The van der Waals surface area contributed by atoms with E-state index in [0.29, 0.717) is 12.0 Å². The first-order valence-electron chi connectivity index (χ1n) is 5.28. The van der Waals surface area contributed by atoms with Gasteiger partial charge in [-0.3, -0.25) is 4.68 Å². The van der Waals surface area contributed by atoms with Gasteiger partial charge in [-0.15, -0.1) is 5.10 Å². The van der Waals surface area contributed by atoms with Crippen LogP contribution >= 0.6 is 0 Å². The average molecular weight is 196 g/mol. The Labute approximate surface area is 85.7 Å². The molecule has 1 rings (SSSR count). The van der Waals surface area contributed by atoms with E-state index in [1.807, 2.05) is 17.9 Å². The SMILES string of the molecule is CCNC(c1cnnn1C)C(C)CC. The normalized spacial score (nSPS) is 15.4. The summed E-state index contributed by atoms with van der Waals surface area (Å²) in [4.78, 5) is 0. The highest BCUT2D eigenvalue weighted by Gasteiger charge is 2.19. The van der Waals surface area contributed by atoms with E-state index >= 15 is 0 Å². The summed E-state index contributed by atoms with van der Waals surface area (Å²) in [5, 5.41) is 11.4. The van der Waals surface area contributed by atoms with Crippen LogP contribution in [0.1, 0.15) is 38.9 Å². The number of hydrogen-bond donors (Lipinski definition) is 1. The van der Waals surface area contributed by atoms with E-state index < -0.39 is 0 Å². The van der Waals surface area contributed by atoms with Crippen LogP contribution in [0.15, 0.2) is 6.20 Å². The van der Waals surface area contributed by atoms with Crippen molar-refractivity contribution in [3.05, 3.63) is 11.9 Å². The molecule has 2 unspecified atom stereocenters. The Kier molecular flexibility index (Phi) is 4.07. The average Bonchev–Trinajstić information content (AvgIpc) is 2.60. The summed E-state index contributed by atoms with van der Waals surface area (Å²) in [6.45, 7) is 7.55. The van der Waals surface area contributed by atoms with E-state index in [1.165, 1.54) is 5.69 Å². The molecule has 0 fully saturated rings. The van der Waals surface area contributed by atoms with E-state index in [2.05, 4.69) is 36.4 Å². The maximum atomic E-state index is 3.96. The second kappa shape index (κ2) is 5.10. The Hall–Kier alpha value is -0.900. The van der Waals surface area contributed by atoms with Crippen molar-refractivity contribution in [1.29, 1.82) is 0 Å². The summed E-state index contributed by atoms with van der Waals surface area (Å²) in [5.74, 6) is 0.604. The van der Waals surface area contributed by atoms with Gasteiger partial charge in [0.05, 0.1) is 17.9 Å². The van der Waals surface area contributed by atoms with Crippen LogP contribution in [-0.4, -0.2) is 21.5 Å². The van der Waals surface area contributed by atoms with Gasteiger partial charge >= 0.3 is 0 Å². The number of aryl methyl sites for hydroxylation is 1. The highest BCUT2D eigenvalue weighted by molar-refractivity contribution is 5.03. The van der Waals surface area contributed by atoms with Crippen molar-refractivity contribution in [3.8, 4) is 0 Å². The van der Waals surface area contributed by atoms with Gasteiger partial charge in [0.2, 0.25) is 0 Å². The zero-order valence-corrected chi connectivity index (χ0v) is 9.49. The smallest absolute Gasteiger partial charge is 0.0755 e. The third-order valence-electron chi connectivity index (χ3n) is 2.71. The quantitative estimate of drug-likeness (QED) is 0.776. The lowest BCUT2D eigenvalue weighted by Gasteiger charge is -2.23. The van der Waals surface area contributed by atoms with Crippen LogP contribution in [0.25, 0.3) is 0 Å². The summed E-state index contributed by atoms with van der Waals surface area (Å²) < 4.78 is 1.85. The number of hydrogen-bond acceptors (Lipinski definition) is 3. The molecule has 0 saturated heterocycles. The lowest BCUT2D eigenvalue weighted by atomic mass is 9.96. The van der Waals surface area contributed by atoms with Crippen LogP contribution in [0.3, 0.4) is 0 Å². The van der Waals surface area contributed by atoms with Crippen molar-refractivity contribution >= 4 is 0 Å². The predicted molar refractivity (Wildman–Crippen MR) is 56.9 cm³/mol.